The molecule has 2 atom stereocenters. The van der Waals surface area contributed by atoms with Gasteiger partial charge >= 0.3 is 12.0 Å². The van der Waals surface area contributed by atoms with Gasteiger partial charge in [-0.2, -0.15) is 0 Å². The highest BCUT2D eigenvalue weighted by Crippen LogP contribution is 2.43. The fourth-order valence-electron chi connectivity index (χ4n) is 3.90. The maximum atomic E-state index is 12.2. The van der Waals surface area contributed by atoms with E-state index in [2.05, 4.69) is 16.7 Å². The molecule has 2 aliphatic heterocycles. The quantitative estimate of drug-likeness (QED) is 0.754. The number of carbonyl (C=O) groups is 2. The molecule has 3 heterocycles. The zero-order chi connectivity index (χ0) is 18.9. The van der Waals surface area contributed by atoms with Crippen molar-refractivity contribution in [3.05, 3.63) is 21.9 Å². The first kappa shape index (κ1) is 18.7. The SMILES string of the molecule is CN(C)C(=O)N1C[C@@H]2CN(Cc3ccc(C#CCO)s3)C[C@]2(C(=O)O)C1. The van der Waals surface area contributed by atoms with Crippen LogP contribution in [0.15, 0.2) is 12.1 Å². The average Bonchev–Trinajstić information content (AvgIpc) is 3.25. The van der Waals surface area contributed by atoms with Crippen LogP contribution in [-0.2, 0) is 11.3 Å². The Labute approximate surface area is 156 Å². The number of thiophene rings is 1. The molecule has 8 heteroatoms. The van der Waals surface area contributed by atoms with Gasteiger partial charge in [0, 0.05) is 57.6 Å². The lowest BCUT2D eigenvalue weighted by Crippen LogP contribution is -2.44. The molecule has 2 fully saturated rings. The van der Waals surface area contributed by atoms with Gasteiger partial charge in [0.15, 0.2) is 0 Å². The number of fused-ring (bicyclic) bond motifs is 1. The summed E-state index contributed by atoms with van der Waals surface area (Å²) in [5, 5.41) is 18.6. The largest absolute Gasteiger partial charge is 0.481 e. The van der Waals surface area contributed by atoms with Crippen LogP contribution >= 0.6 is 11.3 Å². The number of hydrogen-bond donors (Lipinski definition) is 2. The molecule has 0 aliphatic carbocycles. The van der Waals surface area contributed by atoms with Crippen molar-refractivity contribution in [3.63, 3.8) is 0 Å². The molecule has 3 rings (SSSR count). The van der Waals surface area contributed by atoms with E-state index in [1.54, 1.807) is 30.3 Å². The van der Waals surface area contributed by atoms with Crippen molar-refractivity contribution < 1.29 is 19.8 Å². The molecule has 2 saturated heterocycles. The lowest BCUT2D eigenvalue weighted by molar-refractivity contribution is -0.148. The van der Waals surface area contributed by atoms with Crippen LogP contribution in [-0.4, -0.2) is 83.8 Å². The Balaban J connectivity index is 1.69. The predicted molar refractivity (Wildman–Crippen MR) is 97.8 cm³/mol. The van der Waals surface area contributed by atoms with Crippen molar-refractivity contribution in [2.75, 3.05) is 46.9 Å². The van der Waals surface area contributed by atoms with Crippen LogP contribution in [0.5, 0.6) is 0 Å². The van der Waals surface area contributed by atoms with Gasteiger partial charge in [-0.1, -0.05) is 11.8 Å². The Morgan fingerprint density at radius 1 is 1.35 bits per heavy atom. The van der Waals surface area contributed by atoms with Gasteiger partial charge in [0.1, 0.15) is 12.0 Å². The molecule has 0 radical (unpaired) electrons. The molecular formula is C18H23N3O4S. The van der Waals surface area contributed by atoms with Crippen molar-refractivity contribution >= 4 is 23.3 Å². The lowest BCUT2D eigenvalue weighted by Gasteiger charge is -2.26. The van der Waals surface area contributed by atoms with E-state index < -0.39 is 11.4 Å². The zero-order valence-corrected chi connectivity index (χ0v) is 15.8. The van der Waals surface area contributed by atoms with Gasteiger partial charge in [0.05, 0.1) is 4.88 Å². The second-order valence-electron chi connectivity index (χ2n) is 7.11. The van der Waals surface area contributed by atoms with E-state index in [0.29, 0.717) is 26.2 Å². The fraction of sp³-hybridized carbons (Fsp3) is 0.556. The van der Waals surface area contributed by atoms with Crippen LogP contribution in [0.3, 0.4) is 0 Å². The van der Waals surface area contributed by atoms with Gasteiger partial charge in [-0.05, 0) is 12.1 Å². The first-order chi connectivity index (χ1) is 12.4. The van der Waals surface area contributed by atoms with E-state index in [9.17, 15) is 14.7 Å². The fourth-order valence-corrected chi connectivity index (χ4v) is 4.82. The van der Waals surface area contributed by atoms with Crippen molar-refractivity contribution in [2.45, 2.75) is 6.54 Å². The van der Waals surface area contributed by atoms with E-state index >= 15 is 0 Å². The Bertz CT molecular complexity index is 766. The number of carboxylic acid groups (broad SMARTS) is 1. The van der Waals surface area contributed by atoms with Crippen LogP contribution in [0.2, 0.25) is 0 Å². The molecule has 0 aromatic carbocycles. The van der Waals surface area contributed by atoms with Crippen LogP contribution in [0.4, 0.5) is 4.79 Å². The number of aliphatic hydroxyl groups excluding tert-OH is 1. The van der Waals surface area contributed by atoms with Gasteiger partial charge in [0.2, 0.25) is 0 Å². The van der Waals surface area contributed by atoms with Gasteiger partial charge < -0.3 is 20.0 Å². The number of nitrogens with zero attached hydrogens (tertiary/aromatic N) is 3. The molecule has 2 aliphatic rings. The number of carbonyl (C=O) groups excluding carboxylic acids is 1. The molecule has 2 amide bonds. The predicted octanol–water partition coefficient (Wildman–Crippen LogP) is 0.592. The van der Waals surface area contributed by atoms with Crippen LogP contribution in [0.25, 0.3) is 0 Å². The molecule has 1 aromatic rings. The minimum Gasteiger partial charge on any atom is -0.481 e. The number of rotatable bonds is 3. The Hall–Kier alpha value is -2.08. The van der Waals surface area contributed by atoms with Gasteiger partial charge in [-0.15, -0.1) is 11.3 Å². The van der Waals surface area contributed by atoms with Crippen molar-refractivity contribution in [1.82, 2.24) is 14.7 Å². The van der Waals surface area contributed by atoms with Gasteiger partial charge in [-0.3, -0.25) is 9.69 Å². The normalized spacial score (nSPS) is 24.9. The minimum absolute atomic E-state index is 0.0579. The maximum absolute atomic E-state index is 12.2. The summed E-state index contributed by atoms with van der Waals surface area (Å²) in [5.41, 5.74) is -0.886. The molecule has 0 spiro atoms. The molecule has 2 N–H and O–H groups in total. The summed E-state index contributed by atoms with van der Waals surface area (Å²) < 4.78 is 0. The summed E-state index contributed by atoms with van der Waals surface area (Å²) >= 11 is 1.56. The number of hydrogen-bond acceptors (Lipinski definition) is 5. The molecular weight excluding hydrogens is 354 g/mol. The first-order valence-corrected chi connectivity index (χ1v) is 9.28. The zero-order valence-electron chi connectivity index (χ0n) is 14.9. The smallest absolute Gasteiger partial charge is 0.319 e. The topological polar surface area (TPSA) is 84.3 Å². The summed E-state index contributed by atoms with van der Waals surface area (Å²) in [5.74, 6) is 4.65. The third-order valence-electron chi connectivity index (χ3n) is 5.09. The molecule has 0 unspecified atom stereocenters. The minimum atomic E-state index is -0.886. The monoisotopic (exact) mass is 377 g/mol. The maximum Gasteiger partial charge on any atom is 0.319 e. The summed E-state index contributed by atoms with van der Waals surface area (Å²) in [6, 6.07) is 3.79. The highest BCUT2D eigenvalue weighted by atomic mass is 32.1. The second-order valence-corrected chi connectivity index (χ2v) is 8.28. The van der Waals surface area contributed by atoms with Crippen molar-refractivity contribution in [3.8, 4) is 11.8 Å². The molecule has 140 valence electrons. The summed E-state index contributed by atoms with van der Waals surface area (Å²) in [7, 11) is 3.37. The number of likely N-dealkylation sites (tertiary alicyclic amines) is 2. The number of carboxylic acids is 1. The van der Waals surface area contributed by atoms with E-state index in [1.165, 1.54) is 4.90 Å². The lowest BCUT2D eigenvalue weighted by atomic mass is 9.81. The van der Waals surface area contributed by atoms with Gasteiger partial charge in [0.25, 0.3) is 0 Å². The van der Waals surface area contributed by atoms with Crippen LogP contribution < -0.4 is 0 Å². The third-order valence-corrected chi connectivity index (χ3v) is 6.08. The summed E-state index contributed by atoms with van der Waals surface area (Å²) in [6.07, 6.45) is 0. The molecule has 0 bridgehead atoms. The number of amides is 2. The number of aliphatic hydroxyl groups is 1. The molecule has 7 nitrogen and oxygen atoms in total. The van der Waals surface area contributed by atoms with E-state index in [1.807, 2.05) is 12.1 Å². The Morgan fingerprint density at radius 2 is 2.12 bits per heavy atom. The summed E-state index contributed by atoms with van der Waals surface area (Å²) in [4.78, 5) is 31.6. The molecule has 0 saturated carbocycles. The van der Waals surface area contributed by atoms with Gasteiger partial charge in [-0.25, -0.2) is 4.79 Å². The van der Waals surface area contributed by atoms with Crippen LogP contribution in [0.1, 0.15) is 9.75 Å². The number of aliphatic carboxylic acids is 1. The standard InChI is InChI=1S/C18H23N3O4S/c1-19(2)17(25)21-9-13-8-20(11-18(13,12-21)16(23)24)10-15-6-5-14(26-15)4-3-7-22/h5-6,13,22H,7-12H2,1-2H3,(H,23,24)/t13-,18-/m0/s1. The highest BCUT2D eigenvalue weighted by Gasteiger charge is 2.58. The highest BCUT2D eigenvalue weighted by molar-refractivity contribution is 7.12. The molecule has 26 heavy (non-hydrogen) atoms. The first-order valence-electron chi connectivity index (χ1n) is 8.46. The Kier molecular flexibility index (Phi) is 5.23. The third kappa shape index (κ3) is 3.43. The molecule has 1 aromatic heterocycles. The van der Waals surface area contributed by atoms with E-state index in [4.69, 9.17) is 5.11 Å². The van der Waals surface area contributed by atoms with Crippen molar-refractivity contribution in [2.24, 2.45) is 11.3 Å². The summed E-state index contributed by atoms with van der Waals surface area (Å²) in [6.45, 7) is 2.37. The van der Waals surface area contributed by atoms with Crippen molar-refractivity contribution in [1.29, 1.82) is 0 Å². The van der Waals surface area contributed by atoms with E-state index in [0.717, 1.165) is 9.75 Å². The van der Waals surface area contributed by atoms with E-state index in [-0.39, 0.29) is 25.1 Å². The average molecular weight is 377 g/mol. The number of urea groups is 1. The Morgan fingerprint density at radius 3 is 2.73 bits per heavy atom. The van der Waals surface area contributed by atoms with Crippen LogP contribution in [0, 0.1) is 23.2 Å². The second kappa shape index (κ2) is 7.27.